The molecular weight excluding hydrogens is 328 g/mol. The highest BCUT2D eigenvalue weighted by atomic mass is 16.5. The van der Waals surface area contributed by atoms with Crippen LogP contribution in [0.3, 0.4) is 0 Å². The van der Waals surface area contributed by atoms with E-state index in [0.29, 0.717) is 30.4 Å². The van der Waals surface area contributed by atoms with E-state index in [1.807, 2.05) is 49.4 Å². The summed E-state index contributed by atoms with van der Waals surface area (Å²) in [6.45, 7) is 10.3. The summed E-state index contributed by atoms with van der Waals surface area (Å²) in [5.74, 6) is 1.19. The molecule has 0 radical (unpaired) electrons. The van der Waals surface area contributed by atoms with Gasteiger partial charge in [0.1, 0.15) is 24.7 Å². The number of anilines is 2. The monoisotopic (exact) mass is 352 g/mol. The summed E-state index contributed by atoms with van der Waals surface area (Å²) < 4.78 is 11.1. The molecule has 0 bridgehead atoms. The number of para-hydroxylation sites is 2. The average Bonchev–Trinajstić information content (AvgIpc) is 2.64. The van der Waals surface area contributed by atoms with E-state index in [9.17, 15) is 4.79 Å². The molecule has 0 saturated carbocycles. The molecule has 2 N–H and O–H groups in total. The third kappa shape index (κ3) is 6.36. The van der Waals surface area contributed by atoms with Crippen LogP contribution in [-0.2, 0) is 4.79 Å². The lowest BCUT2D eigenvalue weighted by Crippen LogP contribution is -2.22. The molecule has 1 amide bonds. The first kappa shape index (κ1) is 19.1. The molecule has 2 rings (SSSR count). The van der Waals surface area contributed by atoms with E-state index in [0.717, 1.165) is 11.3 Å². The Morgan fingerprint density at radius 2 is 1.96 bits per heavy atom. The van der Waals surface area contributed by atoms with Crippen molar-refractivity contribution in [3.63, 3.8) is 0 Å². The molecule has 5 heteroatoms. The Morgan fingerprint density at radius 3 is 2.73 bits per heavy atom. The summed E-state index contributed by atoms with van der Waals surface area (Å²) in [5.41, 5.74) is 2.36. The molecule has 0 unspecified atom stereocenters. The van der Waals surface area contributed by atoms with Crippen LogP contribution in [0.15, 0.2) is 73.3 Å². The molecule has 0 aliphatic carbocycles. The van der Waals surface area contributed by atoms with Crippen molar-refractivity contribution in [1.82, 2.24) is 0 Å². The summed E-state index contributed by atoms with van der Waals surface area (Å²) >= 11 is 0. The standard InChI is InChI=1S/C21H24N2O3/c1-4-12-25-20-11-6-5-10-19(20)22-14-21(24)23-17-8-7-9-18(13-17)26-15-16(2)3/h4-11,13,22H,1-2,12,14-15H2,3H3,(H,23,24). The molecule has 2 aromatic carbocycles. The smallest absolute Gasteiger partial charge is 0.243 e. The number of rotatable bonds is 10. The first-order valence-corrected chi connectivity index (χ1v) is 8.32. The van der Waals surface area contributed by atoms with Crippen LogP contribution in [0.5, 0.6) is 11.5 Å². The molecule has 0 spiro atoms. The van der Waals surface area contributed by atoms with Crippen LogP contribution in [-0.4, -0.2) is 25.7 Å². The third-order valence-corrected chi connectivity index (χ3v) is 3.29. The Kier molecular flexibility index (Phi) is 7.31. The van der Waals surface area contributed by atoms with Crippen molar-refractivity contribution in [2.45, 2.75) is 6.92 Å². The molecule has 0 atom stereocenters. The molecule has 0 fully saturated rings. The number of carbonyl (C=O) groups is 1. The first-order valence-electron chi connectivity index (χ1n) is 8.32. The number of ether oxygens (including phenoxy) is 2. The number of benzene rings is 2. The van der Waals surface area contributed by atoms with Crippen molar-refractivity contribution in [3.05, 3.63) is 73.3 Å². The van der Waals surface area contributed by atoms with Crippen LogP contribution in [0.2, 0.25) is 0 Å². The van der Waals surface area contributed by atoms with Crippen molar-refractivity contribution < 1.29 is 14.3 Å². The first-order chi connectivity index (χ1) is 12.6. The lowest BCUT2D eigenvalue weighted by Gasteiger charge is -2.13. The number of amides is 1. The van der Waals surface area contributed by atoms with Gasteiger partial charge in [-0.2, -0.15) is 0 Å². The Labute approximate surface area is 154 Å². The molecule has 0 heterocycles. The van der Waals surface area contributed by atoms with Gasteiger partial charge in [-0.25, -0.2) is 0 Å². The fourth-order valence-electron chi connectivity index (χ4n) is 2.14. The van der Waals surface area contributed by atoms with Gasteiger partial charge in [0.05, 0.1) is 12.2 Å². The predicted molar refractivity (Wildman–Crippen MR) is 106 cm³/mol. The molecule has 0 aromatic heterocycles. The van der Waals surface area contributed by atoms with Gasteiger partial charge < -0.3 is 20.1 Å². The van der Waals surface area contributed by atoms with Crippen molar-refractivity contribution in [1.29, 1.82) is 0 Å². The highest BCUT2D eigenvalue weighted by Gasteiger charge is 2.06. The largest absolute Gasteiger partial charge is 0.489 e. The van der Waals surface area contributed by atoms with E-state index in [1.54, 1.807) is 12.1 Å². The zero-order valence-electron chi connectivity index (χ0n) is 15.0. The summed E-state index contributed by atoms with van der Waals surface area (Å²) in [7, 11) is 0. The van der Waals surface area contributed by atoms with Gasteiger partial charge >= 0.3 is 0 Å². The van der Waals surface area contributed by atoms with Crippen LogP contribution in [0.25, 0.3) is 0 Å². The van der Waals surface area contributed by atoms with Gasteiger partial charge in [-0.05, 0) is 36.8 Å². The fourth-order valence-corrected chi connectivity index (χ4v) is 2.14. The molecule has 0 saturated heterocycles. The number of hydrogen-bond acceptors (Lipinski definition) is 4. The minimum atomic E-state index is -0.166. The summed E-state index contributed by atoms with van der Waals surface area (Å²) in [6.07, 6.45) is 1.67. The van der Waals surface area contributed by atoms with Gasteiger partial charge in [0.2, 0.25) is 5.91 Å². The van der Waals surface area contributed by atoms with Crippen molar-refractivity contribution in [2.75, 3.05) is 30.4 Å². The molecule has 0 aliphatic heterocycles. The molecule has 136 valence electrons. The Bertz CT molecular complexity index is 771. The maximum atomic E-state index is 12.2. The minimum absolute atomic E-state index is 0.116. The number of hydrogen-bond donors (Lipinski definition) is 2. The highest BCUT2D eigenvalue weighted by molar-refractivity contribution is 5.94. The van der Waals surface area contributed by atoms with Crippen LogP contribution in [0.4, 0.5) is 11.4 Å². The second-order valence-corrected chi connectivity index (χ2v) is 5.77. The second kappa shape index (κ2) is 9.93. The summed E-state index contributed by atoms with van der Waals surface area (Å²) in [4.78, 5) is 12.2. The Balaban J connectivity index is 1.90. The van der Waals surface area contributed by atoms with Gasteiger partial charge in [0.25, 0.3) is 0 Å². The van der Waals surface area contributed by atoms with Gasteiger partial charge in [0.15, 0.2) is 0 Å². The molecule has 2 aromatic rings. The van der Waals surface area contributed by atoms with E-state index >= 15 is 0 Å². The highest BCUT2D eigenvalue weighted by Crippen LogP contribution is 2.23. The van der Waals surface area contributed by atoms with Crippen molar-refractivity contribution in [2.24, 2.45) is 0 Å². The third-order valence-electron chi connectivity index (χ3n) is 3.29. The summed E-state index contributed by atoms with van der Waals surface area (Å²) in [6, 6.07) is 14.7. The lowest BCUT2D eigenvalue weighted by molar-refractivity contribution is -0.114. The van der Waals surface area contributed by atoms with Gasteiger partial charge in [-0.15, -0.1) is 0 Å². The average molecular weight is 352 g/mol. The van der Waals surface area contributed by atoms with Crippen LogP contribution in [0.1, 0.15) is 6.92 Å². The topological polar surface area (TPSA) is 59.6 Å². The van der Waals surface area contributed by atoms with Crippen LogP contribution in [0, 0.1) is 0 Å². The maximum Gasteiger partial charge on any atom is 0.243 e. The predicted octanol–water partition coefficient (Wildman–Crippen LogP) is 4.26. The summed E-state index contributed by atoms with van der Waals surface area (Å²) in [5, 5.41) is 5.92. The fraction of sp³-hybridized carbons (Fsp3) is 0.190. The molecule has 26 heavy (non-hydrogen) atoms. The number of carbonyl (C=O) groups excluding carboxylic acids is 1. The van der Waals surface area contributed by atoms with Crippen LogP contribution >= 0.6 is 0 Å². The van der Waals surface area contributed by atoms with Crippen LogP contribution < -0.4 is 20.1 Å². The van der Waals surface area contributed by atoms with E-state index in [1.165, 1.54) is 0 Å². The van der Waals surface area contributed by atoms with Crippen molar-refractivity contribution in [3.8, 4) is 11.5 Å². The quantitative estimate of drug-likeness (QED) is 0.627. The SMILES string of the molecule is C=CCOc1ccccc1NCC(=O)Nc1cccc(OCC(=C)C)c1. The van der Waals surface area contributed by atoms with Gasteiger partial charge in [0, 0.05) is 11.8 Å². The number of nitrogens with one attached hydrogen (secondary N) is 2. The van der Waals surface area contributed by atoms with E-state index < -0.39 is 0 Å². The maximum absolute atomic E-state index is 12.2. The molecule has 5 nitrogen and oxygen atoms in total. The zero-order valence-corrected chi connectivity index (χ0v) is 15.0. The molecule has 0 aliphatic rings. The van der Waals surface area contributed by atoms with Gasteiger partial charge in [-0.3, -0.25) is 4.79 Å². The van der Waals surface area contributed by atoms with Gasteiger partial charge in [-0.1, -0.05) is 37.4 Å². The minimum Gasteiger partial charge on any atom is -0.489 e. The zero-order chi connectivity index (χ0) is 18.8. The van der Waals surface area contributed by atoms with E-state index in [2.05, 4.69) is 23.8 Å². The van der Waals surface area contributed by atoms with Crippen molar-refractivity contribution >= 4 is 17.3 Å². The molecular formula is C21H24N2O3. The van der Waals surface area contributed by atoms with E-state index in [4.69, 9.17) is 9.47 Å². The lowest BCUT2D eigenvalue weighted by atomic mass is 10.2. The Morgan fingerprint density at radius 1 is 1.15 bits per heavy atom. The second-order valence-electron chi connectivity index (χ2n) is 5.77. The Hall–Kier alpha value is -3.21. The normalized spacial score (nSPS) is 9.88. The van der Waals surface area contributed by atoms with E-state index in [-0.39, 0.29) is 12.5 Å².